The van der Waals surface area contributed by atoms with E-state index in [1.165, 1.54) is 82.4 Å². The summed E-state index contributed by atoms with van der Waals surface area (Å²) < 4.78 is 2.45. The van der Waals surface area contributed by atoms with E-state index < -0.39 is 0 Å². The van der Waals surface area contributed by atoms with Crippen molar-refractivity contribution < 1.29 is 0 Å². The lowest BCUT2D eigenvalue weighted by atomic mass is 9.92. The van der Waals surface area contributed by atoms with Crippen LogP contribution < -0.4 is 0 Å². The largest absolute Gasteiger partial charge is 0.313 e. The highest BCUT2D eigenvalue weighted by molar-refractivity contribution is 6.14. The molecular formula is C42H29N. The fourth-order valence-electron chi connectivity index (χ4n) is 7.15. The molecular weight excluding hydrogens is 518 g/mol. The zero-order valence-corrected chi connectivity index (χ0v) is 23.8. The molecule has 0 atom stereocenters. The second-order valence-electron chi connectivity index (χ2n) is 11.7. The first kappa shape index (κ1) is 24.2. The Morgan fingerprint density at radius 1 is 0.465 bits per heavy atom. The van der Waals surface area contributed by atoms with E-state index in [0.29, 0.717) is 0 Å². The Balaban J connectivity index is 1.15. The molecule has 0 bridgehead atoms. The standard InChI is InChI=1S/C42H29N/c1-2-11-34(12-3-1)43-41-16-7-6-14-37(41)40-26-31(23-24-42(40)43)28-17-19-30(20-18-28)36-15-8-10-32-25-33-22-21-29-9-4-5-13-35(29)39(33)27-38(32)36/h1-6,8-15,17-27H,7,16H2. The third kappa shape index (κ3) is 3.86. The van der Waals surface area contributed by atoms with Gasteiger partial charge in [-0.05, 0) is 104 Å². The molecule has 1 heteroatoms. The molecule has 1 aliphatic carbocycles. The van der Waals surface area contributed by atoms with Gasteiger partial charge in [0.2, 0.25) is 0 Å². The van der Waals surface area contributed by atoms with Crippen molar-refractivity contribution in [1.82, 2.24) is 4.57 Å². The number of rotatable bonds is 3. The number of hydrogen-bond acceptors (Lipinski definition) is 0. The summed E-state index contributed by atoms with van der Waals surface area (Å²) in [4.78, 5) is 0. The number of allylic oxidation sites excluding steroid dienone is 1. The summed E-state index contributed by atoms with van der Waals surface area (Å²) in [6, 6.07) is 51.4. The number of hydrogen-bond donors (Lipinski definition) is 0. The lowest BCUT2D eigenvalue weighted by molar-refractivity contribution is 0.888. The molecule has 0 spiro atoms. The number of nitrogens with zero attached hydrogens (tertiary/aromatic N) is 1. The SMILES string of the molecule is C1=Cc2c(n(-c3ccccc3)c3ccc(-c4ccc(-c5cccc6cc7ccc8ccccc8c7cc56)cc4)cc23)CC1. The van der Waals surface area contributed by atoms with Gasteiger partial charge in [-0.25, -0.2) is 0 Å². The fourth-order valence-corrected chi connectivity index (χ4v) is 7.15. The second kappa shape index (κ2) is 9.58. The summed E-state index contributed by atoms with van der Waals surface area (Å²) >= 11 is 0. The molecule has 0 N–H and O–H groups in total. The van der Waals surface area contributed by atoms with Gasteiger partial charge in [-0.15, -0.1) is 0 Å². The van der Waals surface area contributed by atoms with Crippen LogP contribution in [0.25, 0.3) is 77.2 Å². The summed E-state index contributed by atoms with van der Waals surface area (Å²) in [7, 11) is 0. The first-order chi connectivity index (χ1) is 21.3. The average molecular weight is 548 g/mol. The summed E-state index contributed by atoms with van der Waals surface area (Å²) in [6.07, 6.45) is 6.79. The minimum absolute atomic E-state index is 1.07. The molecule has 0 radical (unpaired) electrons. The Morgan fingerprint density at radius 3 is 2.12 bits per heavy atom. The van der Waals surface area contributed by atoms with Crippen LogP contribution in [-0.4, -0.2) is 4.57 Å². The number of benzene rings is 7. The molecule has 0 unspecified atom stereocenters. The van der Waals surface area contributed by atoms with Gasteiger partial charge >= 0.3 is 0 Å². The van der Waals surface area contributed by atoms with Gasteiger partial charge in [0.25, 0.3) is 0 Å². The topological polar surface area (TPSA) is 4.93 Å². The molecule has 1 nitrogen and oxygen atoms in total. The van der Waals surface area contributed by atoms with Gasteiger partial charge in [0.15, 0.2) is 0 Å². The molecule has 8 aromatic rings. The van der Waals surface area contributed by atoms with Crippen molar-refractivity contribution in [2.45, 2.75) is 12.8 Å². The van der Waals surface area contributed by atoms with Crippen molar-refractivity contribution in [2.75, 3.05) is 0 Å². The quantitative estimate of drug-likeness (QED) is 0.153. The van der Waals surface area contributed by atoms with E-state index in [1.54, 1.807) is 0 Å². The predicted octanol–water partition coefficient (Wildman–Crippen LogP) is 11.4. The molecule has 0 aliphatic heterocycles. The predicted molar refractivity (Wildman–Crippen MR) is 184 cm³/mol. The van der Waals surface area contributed by atoms with Gasteiger partial charge in [0.1, 0.15) is 0 Å². The maximum absolute atomic E-state index is 2.45. The molecule has 202 valence electrons. The van der Waals surface area contributed by atoms with Gasteiger partial charge in [0.05, 0.1) is 5.52 Å². The maximum Gasteiger partial charge on any atom is 0.0538 e. The van der Waals surface area contributed by atoms with Crippen LogP contribution in [0.3, 0.4) is 0 Å². The first-order valence-electron chi connectivity index (χ1n) is 15.2. The monoisotopic (exact) mass is 547 g/mol. The van der Waals surface area contributed by atoms with Crippen LogP contribution in [0.4, 0.5) is 0 Å². The summed E-state index contributed by atoms with van der Waals surface area (Å²) in [5.74, 6) is 0. The zero-order valence-electron chi connectivity index (χ0n) is 23.8. The van der Waals surface area contributed by atoms with Gasteiger partial charge < -0.3 is 4.57 Å². The van der Waals surface area contributed by atoms with E-state index in [0.717, 1.165) is 12.8 Å². The highest BCUT2D eigenvalue weighted by Gasteiger charge is 2.19. The molecule has 0 saturated heterocycles. The van der Waals surface area contributed by atoms with E-state index in [1.807, 2.05) is 0 Å². The van der Waals surface area contributed by atoms with E-state index in [4.69, 9.17) is 0 Å². The van der Waals surface area contributed by atoms with E-state index in [-0.39, 0.29) is 0 Å². The van der Waals surface area contributed by atoms with Gasteiger partial charge in [-0.1, -0.05) is 115 Å². The van der Waals surface area contributed by atoms with Gasteiger partial charge in [0, 0.05) is 22.3 Å². The minimum Gasteiger partial charge on any atom is -0.313 e. The van der Waals surface area contributed by atoms with Crippen LogP contribution in [-0.2, 0) is 6.42 Å². The molecule has 0 fully saturated rings. The van der Waals surface area contributed by atoms with Crippen molar-refractivity contribution in [3.05, 3.63) is 157 Å². The van der Waals surface area contributed by atoms with Crippen molar-refractivity contribution in [3.63, 3.8) is 0 Å². The Labute approximate surface area is 251 Å². The molecule has 0 amide bonds. The first-order valence-corrected chi connectivity index (χ1v) is 15.2. The van der Waals surface area contributed by atoms with Crippen molar-refractivity contribution in [1.29, 1.82) is 0 Å². The Kier molecular flexibility index (Phi) is 5.39. The molecule has 1 aliphatic rings. The van der Waals surface area contributed by atoms with Crippen molar-refractivity contribution in [2.24, 2.45) is 0 Å². The van der Waals surface area contributed by atoms with Crippen LogP contribution in [0.2, 0.25) is 0 Å². The highest BCUT2D eigenvalue weighted by Crippen LogP contribution is 2.38. The fraction of sp³-hybridized carbons (Fsp3) is 0.0476. The molecule has 1 aromatic heterocycles. The minimum atomic E-state index is 1.07. The maximum atomic E-state index is 2.45. The normalized spacial score (nSPS) is 12.8. The highest BCUT2D eigenvalue weighted by atomic mass is 15.0. The third-order valence-corrected chi connectivity index (χ3v) is 9.23. The van der Waals surface area contributed by atoms with E-state index >= 15 is 0 Å². The number of aromatic nitrogens is 1. The molecule has 43 heavy (non-hydrogen) atoms. The van der Waals surface area contributed by atoms with Crippen LogP contribution in [0.1, 0.15) is 17.7 Å². The molecule has 1 heterocycles. The summed E-state index contributed by atoms with van der Waals surface area (Å²) in [5, 5.41) is 9.07. The lowest BCUT2D eigenvalue weighted by Crippen LogP contribution is -2.02. The van der Waals surface area contributed by atoms with Crippen molar-refractivity contribution >= 4 is 49.3 Å². The summed E-state index contributed by atoms with van der Waals surface area (Å²) in [5.41, 5.74) is 10.3. The van der Waals surface area contributed by atoms with Crippen LogP contribution >= 0.6 is 0 Å². The Morgan fingerprint density at radius 2 is 1.21 bits per heavy atom. The van der Waals surface area contributed by atoms with Crippen LogP contribution in [0.5, 0.6) is 0 Å². The Bertz CT molecular complexity index is 2370. The van der Waals surface area contributed by atoms with Crippen LogP contribution in [0, 0.1) is 0 Å². The number of fused-ring (bicyclic) bond motifs is 7. The second-order valence-corrected chi connectivity index (χ2v) is 11.7. The lowest BCUT2D eigenvalue weighted by Gasteiger charge is -2.13. The Hall–Kier alpha value is -5.40. The molecule has 9 rings (SSSR count). The molecule has 0 saturated carbocycles. The third-order valence-electron chi connectivity index (χ3n) is 9.23. The number of para-hydroxylation sites is 1. The van der Waals surface area contributed by atoms with Gasteiger partial charge in [-0.2, -0.15) is 0 Å². The van der Waals surface area contributed by atoms with Gasteiger partial charge in [-0.3, -0.25) is 0 Å². The van der Waals surface area contributed by atoms with E-state index in [2.05, 4.69) is 156 Å². The van der Waals surface area contributed by atoms with Crippen LogP contribution in [0.15, 0.2) is 146 Å². The molecule has 7 aromatic carbocycles. The summed E-state index contributed by atoms with van der Waals surface area (Å²) in [6.45, 7) is 0. The van der Waals surface area contributed by atoms with Crippen molar-refractivity contribution in [3.8, 4) is 27.9 Å². The smallest absolute Gasteiger partial charge is 0.0538 e. The zero-order chi connectivity index (χ0) is 28.3. The van der Waals surface area contributed by atoms with E-state index in [9.17, 15) is 0 Å². The average Bonchev–Trinajstić information content (AvgIpc) is 3.41.